The fourth-order valence-electron chi connectivity index (χ4n) is 3.82. The van der Waals surface area contributed by atoms with E-state index in [0.29, 0.717) is 5.69 Å². The van der Waals surface area contributed by atoms with Crippen molar-refractivity contribution in [2.24, 2.45) is 4.40 Å². The number of nitrogens with zero attached hydrogens (tertiary/aromatic N) is 3. The van der Waals surface area contributed by atoms with Gasteiger partial charge in [0.2, 0.25) is 11.8 Å². The molecule has 2 heterocycles. The number of halogens is 3. The Balaban J connectivity index is 1.46. The molecule has 0 saturated carbocycles. The van der Waals surface area contributed by atoms with Gasteiger partial charge in [-0.25, -0.2) is 8.78 Å². The van der Waals surface area contributed by atoms with E-state index in [1.807, 2.05) is 0 Å². The Labute approximate surface area is 195 Å². The lowest BCUT2D eigenvalue weighted by molar-refractivity contribution is -0.137. The van der Waals surface area contributed by atoms with Crippen LogP contribution in [0.25, 0.3) is 0 Å². The molecule has 1 fully saturated rings. The smallest absolute Gasteiger partial charge is 0.243 e. The number of fused-ring (bicyclic) bond motifs is 1. The van der Waals surface area contributed by atoms with Crippen molar-refractivity contribution in [3.8, 4) is 0 Å². The number of benzene rings is 2. The third-order valence-electron chi connectivity index (χ3n) is 5.47. The lowest BCUT2D eigenvalue weighted by atomic mass is 10.1. The SMILES string of the molecule is O=C(NCc1cccc(Cl)c1F)[C@@H]1C[C@@H](F)CN1C(=O)CN1C=NS(O)(O)c2ccccc21. The Hall–Kier alpha value is -2.73. The summed E-state index contributed by atoms with van der Waals surface area (Å²) in [5.41, 5.74) is 0.554. The number of para-hydroxylation sites is 1. The molecule has 2 aliphatic heterocycles. The van der Waals surface area contributed by atoms with Crippen LogP contribution in [0.3, 0.4) is 0 Å². The van der Waals surface area contributed by atoms with Crippen LogP contribution in [0.2, 0.25) is 5.02 Å². The molecule has 0 radical (unpaired) electrons. The predicted octanol–water partition coefficient (Wildman–Crippen LogP) is 3.61. The fraction of sp³-hybridized carbons (Fsp3) is 0.286. The van der Waals surface area contributed by atoms with Gasteiger partial charge in [-0.05, 0) is 18.2 Å². The number of hydrogen-bond donors (Lipinski definition) is 3. The molecule has 12 heteroatoms. The molecule has 0 bridgehead atoms. The number of likely N-dealkylation sites (tertiary alicyclic amines) is 1. The predicted molar refractivity (Wildman–Crippen MR) is 122 cm³/mol. The van der Waals surface area contributed by atoms with Gasteiger partial charge in [0.1, 0.15) is 35.8 Å². The second kappa shape index (κ2) is 9.26. The van der Waals surface area contributed by atoms with Gasteiger partial charge >= 0.3 is 0 Å². The highest BCUT2D eigenvalue weighted by Crippen LogP contribution is 2.55. The molecule has 2 atom stereocenters. The molecule has 1 saturated heterocycles. The molecule has 33 heavy (non-hydrogen) atoms. The van der Waals surface area contributed by atoms with Crippen LogP contribution in [-0.2, 0) is 16.1 Å². The lowest BCUT2D eigenvalue weighted by Crippen LogP contribution is -2.49. The van der Waals surface area contributed by atoms with Crippen LogP contribution in [0, 0.1) is 5.82 Å². The Morgan fingerprint density at radius 3 is 2.76 bits per heavy atom. The van der Waals surface area contributed by atoms with Crippen molar-refractivity contribution in [3.63, 3.8) is 0 Å². The Morgan fingerprint density at radius 2 is 1.97 bits per heavy atom. The molecule has 2 aliphatic rings. The highest BCUT2D eigenvalue weighted by atomic mass is 35.5. The van der Waals surface area contributed by atoms with E-state index in [1.165, 1.54) is 23.1 Å². The average Bonchev–Trinajstić information content (AvgIpc) is 3.19. The van der Waals surface area contributed by atoms with Gasteiger partial charge in [0.15, 0.2) is 0 Å². The zero-order valence-electron chi connectivity index (χ0n) is 17.2. The van der Waals surface area contributed by atoms with Crippen LogP contribution >= 0.6 is 22.4 Å². The van der Waals surface area contributed by atoms with Crippen molar-refractivity contribution in [3.05, 3.63) is 58.9 Å². The largest absolute Gasteiger partial charge is 0.350 e. The summed E-state index contributed by atoms with van der Waals surface area (Å²) in [7, 11) is -3.36. The van der Waals surface area contributed by atoms with Gasteiger partial charge in [-0.15, -0.1) is 4.40 Å². The summed E-state index contributed by atoms with van der Waals surface area (Å²) in [6.45, 7) is -0.704. The molecule has 4 rings (SSSR count). The van der Waals surface area contributed by atoms with Crippen LogP contribution in [0.5, 0.6) is 0 Å². The number of alkyl halides is 1. The van der Waals surface area contributed by atoms with Gasteiger partial charge in [0.25, 0.3) is 0 Å². The maximum Gasteiger partial charge on any atom is 0.243 e. The molecular formula is C21H21ClF2N4O4S. The highest BCUT2D eigenvalue weighted by molar-refractivity contribution is 8.23. The van der Waals surface area contributed by atoms with Gasteiger partial charge in [0.05, 0.1) is 17.3 Å². The van der Waals surface area contributed by atoms with E-state index in [2.05, 4.69) is 9.71 Å². The minimum Gasteiger partial charge on any atom is -0.350 e. The standard InChI is InChI=1S/C21H21ClF2N4O4S/c22-15-5-3-4-13(20(15)24)9-25-21(30)17-8-14(23)10-28(17)19(29)11-27-12-26-33(31,32)18-7-2-1-6-16(18)27/h1-7,12,14,17,31-32H,8-11H2,(H,25,30)/t14-,17+/m1/s1. The monoisotopic (exact) mass is 498 g/mol. The maximum atomic E-state index is 14.2. The van der Waals surface area contributed by atoms with Gasteiger partial charge in [-0.3, -0.25) is 18.7 Å². The summed E-state index contributed by atoms with van der Waals surface area (Å²) in [4.78, 5) is 28.4. The Kier molecular flexibility index (Phi) is 6.57. The zero-order chi connectivity index (χ0) is 23.8. The molecule has 3 N–H and O–H groups in total. The van der Waals surface area contributed by atoms with Gasteiger partial charge in [-0.1, -0.05) is 46.6 Å². The van der Waals surface area contributed by atoms with Crippen LogP contribution < -0.4 is 10.2 Å². The molecular weight excluding hydrogens is 478 g/mol. The summed E-state index contributed by atoms with van der Waals surface area (Å²) in [6, 6.07) is 9.72. The number of carbonyl (C=O) groups is 2. The Morgan fingerprint density at radius 1 is 1.21 bits per heavy atom. The molecule has 2 aromatic rings. The number of anilines is 1. The summed E-state index contributed by atoms with van der Waals surface area (Å²) >= 11 is 5.75. The van der Waals surface area contributed by atoms with Crippen LogP contribution in [-0.4, -0.2) is 57.5 Å². The van der Waals surface area contributed by atoms with E-state index in [1.54, 1.807) is 24.3 Å². The quantitative estimate of drug-likeness (QED) is 0.584. The topological polar surface area (TPSA) is 105 Å². The van der Waals surface area contributed by atoms with Crippen molar-refractivity contribution < 1.29 is 27.5 Å². The first kappa shape index (κ1) is 23.4. The van der Waals surface area contributed by atoms with Gasteiger partial charge < -0.3 is 15.1 Å². The van der Waals surface area contributed by atoms with E-state index >= 15 is 0 Å². The van der Waals surface area contributed by atoms with E-state index in [-0.39, 0.29) is 41.5 Å². The summed E-state index contributed by atoms with van der Waals surface area (Å²) < 4.78 is 52.2. The first-order valence-corrected chi connectivity index (χ1v) is 11.9. The van der Waals surface area contributed by atoms with Crippen molar-refractivity contribution in [2.75, 3.05) is 18.0 Å². The van der Waals surface area contributed by atoms with Crippen molar-refractivity contribution >= 4 is 46.2 Å². The van der Waals surface area contributed by atoms with E-state index in [0.717, 1.165) is 11.2 Å². The van der Waals surface area contributed by atoms with Crippen LogP contribution in [0.1, 0.15) is 12.0 Å². The van der Waals surface area contributed by atoms with E-state index in [4.69, 9.17) is 11.6 Å². The van der Waals surface area contributed by atoms with E-state index < -0.39 is 40.6 Å². The third kappa shape index (κ3) is 4.81. The minimum absolute atomic E-state index is 0.0802. The second-order valence-electron chi connectivity index (χ2n) is 7.66. The first-order valence-electron chi connectivity index (χ1n) is 10.0. The molecule has 0 aliphatic carbocycles. The number of hydrogen-bond acceptors (Lipinski definition) is 6. The zero-order valence-corrected chi connectivity index (χ0v) is 18.8. The average molecular weight is 499 g/mol. The Bertz CT molecular complexity index is 1120. The highest BCUT2D eigenvalue weighted by Gasteiger charge is 2.40. The first-order chi connectivity index (χ1) is 15.7. The fourth-order valence-corrected chi connectivity index (χ4v) is 5.10. The number of amides is 2. The minimum atomic E-state index is -3.36. The molecule has 2 aromatic carbocycles. The maximum absolute atomic E-state index is 14.2. The molecule has 176 valence electrons. The van der Waals surface area contributed by atoms with Crippen LogP contribution in [0.4, 0.5) is 14.5 Å². The summed E-state index contributed by atoms with van der Waals surface area (Å²) in [5, 5.41) is 2.46. The molecule has 0 aromatic heterocycles. The van der Waals surface area contributed by atoms with Gasteiger partial charge in [0, 0.05) is 18.5 Å². The van der Waals surface area contributed by atoms with Crippen molar-refractivity contribution in [1.82, 2.24) is 10.2 Å². The molecule has 8 nitrogen and oxygen atoms in total. The normalized spacial score (nSPS) is 22.1. The molecule has 2 amide bonds. The van der Waals surface area contributed by atoms with Crippen LogP contribution in [0.15, 0.2) is 51.8 Å². The van der Waals surface area contributed by atoms with Gasteiger partial charge in [-0.2, -0.15) is 0 Å². The molecule has 0 unspecified atom stereocenters. The lowest BCUT2D eigenvalue weighted by Gasteiger charge is -2.36. The number of rotatable bonds is 5. The number of carbonyl (C=O) groups excluding carboxylic acids is 2. The van der Waals surface area contributed by atoms with Crippen molar-refractivity contribution in [2.45, 2.75) is 30.1 Å². The summed E-state index contributed by atoms with van der Waals surface area (Å²) in [5.74, 6) is -1.80. The second-order valence-corrected chi connectivity index (χ2v) is 9.76. The van der Waals surface area contributed by atoms with Crippen molar-refractivity contribution in [1.29, 1.82) is 0 Å². The third-order valence-corrected chi connectivity index (χ3v) is 7.08. The number of nitrogens with one attached hydrogen (secondary N) is 1. The molecule has 0 spiro atoms. The van der Waals surface area contributed by atoms with E-state index in [9.17, 15) is 27.5 Å². The summed E-state index contributed by atoms with van der Waals surface area (Å²) in [6.07, 6.45) is -0.419.